The van der Waals surface area contributed by atoms with E-state index in [2.05, 4.69) is 27.4 Å². The Bertz CT molecular complexity index is 911. The number of benzene rings is 1. The van der Waals surface area contributed by atoms with E-state index in [9.17, 15) is 9.90 Å². The van der Waals surface area contributed by atoms with Crippen molar-refractivity contribution < 1.29 is 9.90 Å². The number of piperidine rings is 1. The monoisotopic (exact) mass is 364 g/mol. The van der Waals surface area contributed by atoms with E-state index < -0.39 is 0 Å². The molecule has 0 aliphatic carbocycles. The van der Waals surface area contributed by atoms with Gasteiger partial charge in [-0.05, 0) is 73.8 Å². The molecule has 1 aromatic carbocycles. The van der Waals surface area contributed by atoms with Crippen LogP contribution in [0, 0.1) is 5.92 Å². The van der Waals surface area contributed by atoms with Gasteiger partial charge in [0, 0.05) is 25.0 Å². The molecule has 0 bridgehead atoms. The van der Waals surface area contributed by atoms with Gasteiger partial charge in [-0.1, -0.05) is 12.1 Å². The lowest BCUT2D eigenvalue weighted by atomic mass is 9.97. The number of hydrogen-bond donors (Lipinski definition) is 2. The Balaban J connectivity index is 1.37. The highest BCUT2D eigenvalue weighted by atomic mass is 16.3. The van der Waals surface area contributed by atoms with E-state index in [1.54, 1.807) is 16.8 Å². The molecule has 0 spiro atoms. The van der Waals surface area contributed by atoms with Crippen molar-refractivity contribution in [3.05, 3.63) is 66.0 Å². The maximum Gasteiger partial charge on any atom is 0.274 e. The summed E-state index contributed by atoms with van der Waals surface area (Å²) in [5.41, 5.74) is 3.41. The number of hydrogen-bond acceptors (Lipinski definition) is 4. The minimum atomic E-state index is -0.174. The number of anilines is 1. The Morgan fingerprint density at radius 1 is 1.11 bits per heavy atom. The summed E-state index contributed by atoms with van der Waals surface area (Å²) in [6.07, 6.45) is 3.79. The number of rotatable bonds is 5. The van der Waals surface area contributed by atoms with Crippen LogP contribution in [0.1, 0.15) is 28.9 Å². The van der Waals surface area contributed by atoms with Crippen LogP contribution in [0.5, 0.6) is 0 Å². The van der Waals surface area contributed by atoms with Crippen LogP contribution in [0.25, 0.3) is 5.52 Å². The number of carbonyl (C=O) groups excluding carboxylic acids is 1. The summed E-state index contributed by atoms with van der Waals surface area (Å²) in [6.45, 7) is 3.25. The lowest BCUT2D eigenvalue weighted by Crippen LogP contribution is -2.34. The molecule has 4 rings (SSSR count). The van der Waals surface area contributed by atoms with Crippen LogP contribution < -0.4 is 5.32 Å². The largest absolute Gasteiger partial charge is 0.396 e. The summed E-state index contributed by atoms with van der Waals surface area (Å²) in [4.78, 5) is 15.0. The molecule has 27 heavy (non-hydrogen) atoms. The molecule has 1 aliphatic heterocycles. The molecule has 1 saturated heterocycles. The van der Waals surface area contributed by atoms with Gasteiger partial charge in [0.2, 0.25) is 0 Å². The smallest absolute Gasteiger partial charge is 0.274 e. The second-order valence-electron chi connectivity index (χ2n) is 7.13. The average Bonchev–Trinajstić information content (AvgIpc) is 3.14. The number of amides is 1. The molecule has 6 heteroatoms. The van der Waals surface area contributed by atoms with Crippen molar-refractivity contribution in [3.63, 3.8) is 0 Å². The molecule has 1 fully saturated rings. The minimum absolute atomic E-state index is 0.174. The van der Waals surface area contributed by atoms with Gasteiger partial charge in [0.25, 0.3) is 5.91 Å². The second-order valence-corrected chi connectivity index (χ2v) is 7.13. The van der Waals surface area contributed by atoms with E-state index in [4.69, 9.17) is 0 Å². The van der Waals surface area contributed by atoms with Gasteiger partial charge in [-0.3, -0.25) is 9.69 Å². The molecular weight excluding hydrogens is 340 g/mol. The van der Waals surface area contributed by atoms with Crippen molar-refractivity contribution in [1.82, 2.24) is 14.5 Å². The summed E-state index contributed by atoms with van der Waals surface area (Å²) in [7, 11) is 0. The lowest BCUT2D eigenvalue weighted by Gasteiger charge is -2.31. The Hall–Kier alpha value is -2.70. The number of nitrogens with zero attached hydrogens (tertiary/aromatic N) is 3. The number of nitrogens with one attached hydrogen (secondary N) is 1. The second kappa shape index (κ2) is 7.90. The van der Waals surface area contributed by atoms with E-state index in [0.717, 1.165) is 43.7 Å². The van der Waals surface area contributed by atoms with Crippen molar-refractivity contribution in [1.29, 1.82) is 0 Å². The van der Waals surface area contributed by atoms with Crippen molar-refractivity contribution in [2.75, 3.05) is 25.0 Å². The first-order valence-electron chi connectivity index (χ1n) is 9.39. The zero-order valence-electron chi connectivity index (χ0n) is 15.2. The Labute approximate surface area is 158 Å². The molecule has 1 aliphatic rings. The lowest BCUT2D eigenvalue weighted by molar-refractivity contribution is 0.102. The van der Waals surface area contributed by atoms with Crippen LogP contribution in [0.15, 0.2) is 54.7 Å². The summed E-state index contributed by atoms with van der Waals surface area (Å²) in [6, 6.07) is 15.4. The first-order valence-corrected chi connectivity index (χ1v) is 9.39. The number of aromatic nitrogens is 2. The maximum absolute atomic E-state index is 12.5. The van der Waals surface area contributed by atoms with E-state index in [0.29, 0.717) is 18.2 Å². The number of aliphatic hydroxyl groups is 1. The molecule has 0 saturated carbocycles. The fourth-order valence-corrected chi connectivity index (χ4v) is 3.59. The average molecular weight is 364 g/mol. The molecule has 140 valence electrons. The molecule has 0 unspecified atom stereocenters. The molecule has 2 N–H and O–H groups in total. The van der Waals surface area contributed by atoms with Crippen molar-refractivity contribution >= 4 is 17.1 Å². The van der Waals surface area contributed by atoms with E-state index in [1.807, 2.05) is 30.3 Å². The number of fused-ring (bicyclic) bond motifs is 1. The molecule has 1 amide bonds. The van der Waals surface area contributed by atoms with Gasteiger partial charge in [-0.2, -0.15) is 5.10 Å². The van der Waals surface area contributed by atoms with E-state index in [1.165, 1.54) is 5.56 Å². The fraction of sp³-hybridized carbons (Fsp3) is 0.333. The van der Waals surface area contributed by atoms with Gasteiger partial charge < -0.3 is 10.4 Å². The van der Waals surface area contributed by atoms with Gasteiger partial charge in [-0.15, -0.1) is 0 Å². The number of carbonyl (C=O) groups is 1. The summed E-state index contributed by atoms with van der Waals surface area (Å²) in [5.74, 6) is 0.283. The third-order valence-electron chi connectivity index (χ3n) is 5.24. The van der Waals surface area contributed by atoms with Gasteiger partial charge in [0.05, 0.1) is 5.52 Å². The van der Waals surface area contributed by atoms with Crippen LogP contribution in [0.4, 0.5) is 5.69 Å². The van der Waals surface area contributed by atoms with Crippen LogP contribution >= 0.6 is 0 Å². The Morgan fingerprint density at radius 2 is 1.89 bits per heavy atom. The maximum atomic E-state index is 12.5. The quantitative estimate of drug-likeness (QED) is 0.730. The highest BCUT2D eigenvalue weighted by Gasteiger charge is 2.18. The van der Waals surface area contributed by atoms with Gasteiger partial charge in [0.1, 0.15) is 5.69 Å². The van der Waals surface area contributed by atoms with E-state index in [-0.39, 0.29) is 5.91 Å². The normalized spacial score (nSPS) is 15.9. The standard InChI is InChI=1S/C21H24N4O2/c26-15-17-9-12-24(13-10-17)14-16-3-5-18(6-4-16)23-21(27)20-8-7-19-2-1-11-22-25(19)20/h1-8,11,17,26H,9-10,12-15H2,(H,23,27). The SMILES string of the molecule is O=C(Nc1ccc(CN2CCC(CO)CC2)cc1)c1ccc2cccnn12. The van der Waals surface area contributed by atoms with Crippen LogP contribution in [-0.2, 0) is 6.54 Å². The number of likely N-dealkylation sites (tertiary alicyclic amines) is 1. The van der Waals surface area contributed by atoms with Gasteiger partial charge in [0.15, 0.2) is 0 Å². The van der Waals surface area contributed by atoms with Crippen LogP contribution in [0.2, 0.25) is 0 Å². The van der Waals surface area contributed by atoms with Crippen molar-refractivity contribution in [2.45, 2.75) is 19.4 Å². The highest BCUT2D eigenvalue weighted by Crippen LogP contribution is 2.19. The molecular formula is C21H24N4O2. The first-order chi connectivity index (χ1) is 13.2. The summed E-state index contributed by atoms with van der Waals surface area (Å²) >= 11 is 0. The predicted octanol–water partition coefficient (Wildman–Crippen LogP) is 2.79. The highest BCUT2D eigenvalue weighted by molar-refractivity contribution is 6.03. The van der Waals surface area contributed by atoms with Crippen LogP contribution in [0.3, 0.4) is 0 Å². The molecule has 3 aromatic rings. The zero-order chi connectivity index (χ0) is 18.6. The topological polar surface area (TPSA) is 69.9 Å². The molecule has 0 radical (unpaired) electrons. The van der Waals surface area contributed by atoms with Gasteiger partial charge in [-0.25, -0.2) is 4.52 Å². The Morgan fingerprint density at radius 3 is 2.63 bits per heavy atom. The predicted molar refractivity (Wildman–Crippen MR) is 105 cm³/mol. The summed E-state index contributed by atoms with van der Waals surface area (Å²) < 4.78 is 1.64. The third kappa shape index (κ3) is 4.02. The minimum Gasteiger partial charge on any atom is -0.396 e. The molecule has 2 aromatic heterocycles. The fourth-order valence-electron chi connectivity index (χ4n) is 3.59. The van der Waals surface area contributed by atoms with Gasteiger partial charge >= 0.3 is 0 Å². The number of aliphatic hydroxyl groups excluding tert-OH is 1. The molecule has 6 nitrogen and oxygen atoms in total. The molecule has 0 atom stereocenters. The van der Waals surface area contributed by atoms with Crippen LogP contribution in [-0.4, -0.2) is 45.2 Å². The zero-order valence-corrected chi connectivity index (χ0v) is 15.2. The van der Waals surface area contributed by atoms with E-state index >= 15 is 0 Å². The summed E-state index contributed by atoms with van der Waals surface area (Å²) in [5, 5.41) is 16.4. The van der Waals surface area contributed by atoms with Crippen molar-refractivity contribution in [3.8, 4) is 0 Å². The Kier molecular flexibility index (Phi) is 5.18. The third-order valence-corrected chi connectivity index (χ3v) is 5.24. The van der Waals surface area contributed by atoms with Crippen molar-refractivity contribution in [2.24, 2.45) is 5.92 Å². The first kappa shape index (κ1) is 17.7. The molecule has 3 heterocycles.